The Bertz CT molecular complexity index is 22.8. The summed E-state index contributed by atoms with van der Waals surface area (Å²) in [6.07, 6.45) is 0. The van der Waals surface area contributed by atoms with Gasteiger partial charge in [0.05, 0.1) is 7.85 Å². The van der Waals surface area contributed by atoms with Crippen molar-refractivity contribution in [3.63, 3.8) is 0 Å². The first-order valence-corrected chi connectivity index (χ1v) is 4.43. The van der Waals surface area contributed by atoms with Crippen LogP contribution in [0.1, 0.15) is 0 Å². The third kappa shape index (κ3) is 5.14. The molecule has 0 nitrogen and oxygen atoms in total. The smallest absolute Gasteiger partial charge is 0.0799 e. The van der Waals surface area contributed by atoms with Gasteiger partial charge in [0.25, 0.3) is 0 Å². The van der Waals surface area contributed by atoms with Gasteiger partial charge in [-0.15, -0.1) is 0 Å². The van der Waals surface area contributed by atoms with Gasteiger partial charge < -0.3 is 0 Å². The van der Waals surface area contributed by atoms with E-state index in [4.69, 9.17) is 7.85 Å². The van der Waals surface area contributed by atoms with Crippen LogP contribution in [0.15, 0.2) is 0 Å². The summed E-state index contributed by atoms with van der Waals surface area (Å²) in [6.45, 7) is 0. The number of rotatable bonds is 3. The lowest BCUT2D eigenvalue weighted by atomic mass is 10.2. The highest BCUT2D eigenvalue weighted by atomic mass is 127. The van der Waals surface area contributed by atoms with Crippen LogP contribution in [0.2, 0.25) is 0 Å². The minimum absolute atomic E-state index is 0.767. The molecule has 0 aliphatic heterocycles. The van der Waals surface area contributed by atoms with E-state index < -0.39 is 0 Å². The van der Waals surface area contributed by atoms with Crippen molar-refractivity contribution in [3.05, 3.63) is 0 Å². The molecule has 0 aromatic rings. The summed E-state index contributed by atoms with van der Waals surface area (Å²) < 4.78 is 1.21. The van der Waals surface area contributed by atoms with Crippen molar-refractivity contribution >= 4 is 42.2 Å². The van der Waals surface area contributed by atoms with Gasteiger partial charge in [-0.25, -0.2) is 0 Å². The van der Waals surface area contributed by atoms with Gasteiger partial charge in [0.2, 0.25) is 0 Å². The molecule has 0 saturated heterocycles. The van der Waals surface area contributed by atoms with Gasteiger partial charge >= 0.3 is 0 Å². The van der Waals surface area contributed by atoms with Crippen LogP contribution >= 0.6 is 34.4 Å². The zero-order valence-corrected chi connectivity index (χ0v) is 6.46. The van der Waals surface area contributed by atoms with Crippen molar-refractivity contribution in [2.75, 3.05) is 15.8 Å². The Balaban J connectivity index is 2.34. The van der Waals surface area contributed by atoms with Gasteiger partial charge in [0, 0.05) is 10.2 Å². The van der Waals surface area contributed by atoms with Gasteiger partial charge in [0.1, 0.15) is 0 Å². The number of hydrogen-bond donors (Lipinski definition) is 0. The summed E-state index contributed by atoms with van der Waals surface area (Å²) in [5.74, 6) is 1.19. The Morgan fingerprint density at radius 1 is 1.67 bits per heavy atom. The Hall–Kier alpha value is 1.14. The van der Waals surface area contributed by atoms with Crippen LogP contribution in [0.3, 0.4) is 0 Å². The molecule has 0 rings (SSSR count). The molecule has 0 aromatic carbocycles. The highest BCUT2D eigenvalue weighted by Gasteiger charge is 1.76. The third-order valence-corrected chi connectivity index (χ3v) is 2.34. The van der Waals surface area contributed by atoms with E-state index in [9.17, 15) is 0 Å². The molecule has 0 aliphatic rings. The largest absolute Gasteiger partial charge is 0.171 e. The van der Waals surface area contributed by atoms with E-state index in [2.05, 4.69) is 22.6 Å². The predicted molar refractivity (Wildman–Crippen MR) is 42.0 cm³/mol. The first kappa shape index (κ1) is 7.14. The van der Waals surface area contributed by atoms with Gasteiger partial charge in [-0.1, -0.05) is 22.6 Å². The van der Waals surface area contributed by atoms with Crippen molar-refractivity contribution in [1.29, 1.82) is 0 Å². The van der Waals surface area contributed by atoms with Crippen LogP contribution in [-0.4, -0.2) is 23.7 Å². The first-order valence-electron chi connectivity index (χ1n) is 1.75. The summed E-state index contributed by atoms with van der Waals surface area (Å²) in [4.78, 5) is 0. The van der Waals surface area contributed by atoms with Crippen LogP contribution in [0.4, 0.5) is 0 Å². The van der Waals surface area contributed by atoms with E-state index in [-0.39, 0.29) is 0 Å². The Labute approximate surface area is 58.0 Å². The highest BCUT2D eigenvalue weighted by molar-refractivity contribution is 14.1. The van der Waals surface area contributed by atoms with Gasteiger partial charge in [0.15, 0.2) is 0 Å². The van der Waals surface area contributed by atoms with E-state index >= 15 is 0 Å². The lowest BCUT2D eigenvalue weighted by molar-refractivity contribution is 1.61. The van der Waals surface area contributed by atoms with Crippen molar-refractivity contribution in [2.24, 2.45) is 0 Å². The molecule has 0 heterocycles. The summed E-state index contributed by atoms with van der Waals surface area (Å²) in [5, 5.41) is 0. The van der Waals surface area contributed by atoms with Crippen molar-refractivity contribution in [1.82, 2.24) is 0 Å². The molecule has 0 unspecified atom stereocenters. The molecule has 0 atom stereocenters. The Morgan fingerprint density at radius 2 is 2.33 bits per heavy atom. The highest BCUT2D eigenvalue weighted by Crippen LogP contribution is 1.96. The zero-order chi connectivity index (χ0) is 4.83. The topological polar surface area (TPSA) is 0 Å². The molecule has 0 amide bonds. The maximum atomic E-state index is 5.17. The minimum atomic E-state index is 0.767. The summed E-state index contributed by atoms with van der Waals surface area (Å²) in [5.41, 5.74) is 0.767. The second-order valence-corrected chi connectivity index (χ2v) is 2.99. The van der Waals surface area contributed by atoms with Crippen LogP contribution in [0.5, 0.6) is 0 Å². The molecule has 0 spiro atoms. The van der Waals surface area contributed by atoms with E-state index in [1.165, 1.54) is 10.2 Å². The molecular formula is C3H6BIS. The summed E-state index contributed by atoms with van der Waals surface area (Å²) in [7, 11) is 5.17. The lowest BCUT2D eigenvalue weighted by Crippen LogP contribution is -1.79. The quantitative estimate of drug-likeness (QED) is 0.294. The van der Waals surface area contributed by atoms with Crippen LogP contribution in [-0.2, 0) is 0 Å². The SMILES string of the molecule is [B]CSCCI. The first-order chi connectivity index (χ1) is 2.91. The average molecular weight is 212 g/mol. The minimum Gasteiger partial charge on any atom is -0.171 e. The normalized spacial score (nSPS) is 8.83. The average Bonchev–Trinajstić information content (AvgIpc) is 1.61. The van der Waals surface area contributed by atoms with E-state index in [0.717, 1.165) is 5.65 Å². The van der Waals surface area contributed by atoms with Crippen molar-refractivity contribution in [3.8, 4) is 0 Å². The fraction of sp³-hybridized carbons (Fsp3) is 1.00. The van der Waals surface area contributed by atoms with Crippen LogP contribution in [0, 0.1) is 0 Å². The number of alkyl halides is 1. The third-order valence-electron chi connectivity index (χ3n) is 0.339. The Morgan fingerprint density at radius 3 is 2.50 bits per heavy atom. The Kier molecular flexibility index (Phi) is 7.32. The molecule has 0 N–H and O–H groups in total. The van der Waals surface area contributed by atoms with Gasteiger partial charge in [-0.3, -0.25) is 0 Å². The molecule has 0 fully saturated rings. The molecule has 0 aliphatic carbocycles. The van der Waals surface area contributed by atoms with E-state index in [0.29, 0.717) is 0 Å². The molecule has 34 valence electrons. The van der Waals surface area contributed by atoms with E-state index in [1.807, 2.05) is 0 Å². The molecule has 6 heavy (non-hydrogen) atoms. The second kappa shape index (κ2) is 6.14. The molecule has 2 radical (unpaired) electrons. The molecule has 3 heteroatoms. The molecular weight excluding hydrogens is 206 g/mol. The van der Waals surface area contributed by atoms with Crippen LogP contribution < -0.4 is 0 Å². The van der Waals surface area contributed by atoms with Crippen LogP contribution in [0.25, 0.3) is 0 Å². The summed E-state index contributed by atoms with van der Waals surface area (Å²) in [6, 6.07) is 0. The van der Waals surface area contributed by atoms with Gasteiger partial charge in [-0.05, 0) is 5.65 Å². The van der Waals surface area contributed by atoms with Gasteiger partial charge in [-0.2, -0.15) is 11.8 Å². The zero-order valence-electron chi connectivity index (χ0n) is 3.48. The molecule has 0 bridgehead atoms. The number of halogens is 1. The maximum absolute atomic E-state index is 5.17. The second-order valence-electron chi connectivity index (χ2n) is 0.764. The summed E-state index contributed by atoms with van der Waals surface area (Å²) >= 11 is 4.11. The lowest BCUT2D eigenvalue weighted by Gasteiger charge is -1.86. The fourth-order valence-corrected chi connectivity index (χ4v) is 1.35. The monoisotopic (exact) mass is 212 g/mol. The number of thioether (sulfide) groups is 1. The van der Waals surface area contributed by atoms with Crippen molar-refractivity contribution < 1.29 is 0 Å². The van der Waals surface area contributed by atoms with Crippen molar-refractivity contribution in [2.45, 2.75) is 0 Å². The number of hydrogen-bond acceptors (Lipinski definition) is 1. The standard InChI is InChI=1S/C3H6BIS/c4-3-6-2-1-5/h1-3H2. The maximum Gasteiger partial charge on any atom is 0.0799 e. The predicted octanol–water partition coefficient (Wildman–Crippen LogP) is 1.28. The molecule has 0 saturated carbocycles. The molecule has 0 aromatic heterocycles. The fourth-order valence-electron chi connectivity index (χ4n) is 0.138. The van der Waals surface area contributed by atoms with E-state index in [1.54, 1.807) is 11.8 Å².